The van der Waals surface area contributed by atoms with E-state index in [1.807, 2.05) is 0 Å². The summed E-state index contributed by atoms with van der Waals surface area (Å²) in [5.41, 5.74) is -0.290. The van der Waals surface area contributed by atoms with Crippen molar-refractivity contribution in [2.24, 2.45) is 0 Å². The van der Waals surface area contributed by atoms with Crippen LogP contribution in [0.5, 0.6) is 11.6 Å². The SMILES string of the molecule is O=c1cc2ccccc2c(O)n1-c1cccc(OCC(F)(F)F)c1. The quantitative estimate of drug-likeness (QED) is 0.795. The number of pyridine rings is 1. The van der Waals surface area contributed by atoms with E-state index < -0.39 is 18.3 Å². The number of nitrogens with zero attached hydrogens (tertiary/aromatic N) is 1. The fraction of sp³-hybridized carbons (Fsp3) is 0.118. The normalized spacial score (nSPS) is 11.6. The van der Waals surface area contributed by atoms with Crippen LogP contribution in [-0.2, 0) is 0 Å². The molecule has 4 nitrogen and oxygen atoms in total. The maximum Gasteiger partial charge on any atom is 0.422 e. The Hall–Kier alpha value is -2.96. The van der Waals surface area contributed by atoms with E-state index in [-0.39, 0.29) is 17.3 Å². The highest BCUT2D eigenvalue weighted by molar-refractivity contribution is 5.87. The van der Waals surface area contributed by atoms with E-state index in [9.17, 15) is 23.1 Å². The molecule has 2 aromatic carbocycles. The van der Waals surface area contributed by atoms with Crippen LogP contribution >= 0.6 is 0 Å². The lowest BCUT2D eigenvalue weighted by atomic mass is 10.1. The molecule has 1 N–H and O–H groups in total. The molecular weight excluding hydrogens is 323 g/mol. The van der Waals surface area contributed by atoms with Gasteiger partial charge in [-0.15, -0.1) is 0 Å². The second-order valence-electron chi connectivity index (χ2n) is 5.13. The van der Waals surface area contributed by atoms with Gasteiger partial charge in [0.05, 0.1) is 5.69 Å². The molecule has 0 saturated carbocycles. The van der Waals surface area contributed by atoms with E-state index in [0.29, 0.717) is 10.8 Å². The molecule has 1 aromatic heterocycles. The van der Waals surface area contributed by atoms with Crippen molar-refractivity contribution in [1.29, 1.82) is 0 Å². The van der Waals surface area contributed by atoms with Crippen molar-refractivity contribution in [3.8, 4) is 17.3 Å². The van der Waals surface area contributed by atoms with Gasteiger partial charge in [0, 0.05) is 17.5 Å². The summed E-state index contributed by atoms with van der Waals surface area (Å²) >= 11 is 0. The van der Waals surface area contributed by atoms with Crippen LogP contribution in [0.3, 0.4) is 0 Å². The van der Waals surface area contributed by atoms with Crippen molar-refractivity contribution in [2.75, 3.05) is 6.61 Å². The first-order valence-corrected chi connectivity index (χ1v) is 6.99. The van der Waals surface area contributed by atoms with Gasteiger partial charge in [0.15, 0.2) is 6.61 Å². The number of rotatable bonds is 3. The van der Waals surface area contributed by atoms with Gasteiger partial charge in [-0.25, -0.2) is 4.57 Å². The number of fused-ring (bicyclic) bond motifs is 1. The second kappa shape index (κ2) is 5.92. The summed E-state index contributed by atoms with van der Waals surface area (Å²) in [6.45, 7) is -1.44. The monoisotopic (exact) mass is 335 g/mol. The molecular formula is C17H12F3NO3. The molecule has 0 atom stereocenters. The molecule has 0 aliphatic rings. The zero-order valence-electron chi connectivity index (χ0n) is 12.2. The van der Waals surface area contributed by atoms with Gasteiger partial charge in [0.25, 0.3) is 5.56 Å². The number of halogens is 3. The minimum atomic E-state index is -4.46. The molecule has 0 bridgehead atoms. The Morgan fingerprint density at radius 3 is 2.54 bits per heavy atom. The molecule has 0 unspecified atom stereocenters. The molecule has 24 heavy (non-hydrogen) atoms. The summed E-state index contributed by atoms with van der Waals surface area (Å²) in [4.78, 5) is 12.3. The number of alkyl halides is 3. The van der Waals surface area contributed by atoms with Gasteiger partial charge in [-0.1, -0.05) is 24.3 Å². The van der Waals surface area contributed by atoms with Crippen molar-refractivity contribution < 1.29 is 23.0 Å². The van der Waals surface area contributed by atoms with E-state index in [1.165, 1.54) is 30.3 Å². The third kappa shape index (κ3) is 3.19. The van der Waals surface area contributed by atoms with Crippen molar-refractivity contribution >= 4 is 10.8 Å². The molecule has 0 aliphatic heterocycles. The van der Waals surface area contributed by atoms with Crippen LogP contribution in [0.15, 0.2) is 59.4 Å². The first kappa shape index (κ1) is 15.9. The Labute approximate surface area is 134 Å². The first-order chi connectivity index (χ1) is 11.3. The Morgan fingerprint density at radius 1 is 1.04 bits per heavy atom. The molecule has 1 heterocycles. The third-order valence-electron chi connectivity index (χ3n) is 3.39. The molecule has 7 heteroatoms. The van der Waals surface area contributed by atoms with E-state index >= 15 is 0 Å². The minimum Gasteiger partial charge on any atom is -0.494 e. The van der Waals surface area contributed by atoms with Crippen molar-refractivity contribution in [3.05, 3.63) is 65.0 Å². The number of aromatic hydroxyl groups is 1. The number of aromatic nitrogens is 1. The average Bonchev–Trinajstić information content (AvgIpc) is 2.53. The van der Waals surface area contributed by atoms with Crippen molar-refractivity contribution in [2.45, 2.75) is 6.18 Å². The summed E-state index contributed by atoms with van der Waals surface area (Å²) in [5.74, 6) is -0.338. The van der Waals surface area contributed by atoms with Gasteiger partial charge < -0.3 is 9.84 Å². The van der Waals surface area contributed by atoms with Gasteiger partial charge >= 0.3 is 6.18 Å². The van der Waals surface area contributed by atoms with E-state index in [0.717, 1.165) is 4.57 Å². The number of hydrogen-bond donors (Lipinski definition) is 1. The molecule has 124 valence electrons. The summed E-state index contributed by atoms with van der Waals surface area (Å²) in [6.07, 6.45) is -4.46. The molecule has 0 amide bonds. The predicted molar refractivity (Wildman–Crippen MR) is 82.8 cm³/mol. The van der Waals surface area contributed by atoms with Gasteiger partial charge in [-0.05, 0) is 23.6 Å². The topological polar surface area (TPSA) is 51.5 Å². The molecule has 0 radical (unpaired) electrons. The smallest absolute Gasteiger partial charge is 0.422 e. The molecule has 3 rings (SSSR count). The highest BCUT2D eigenvalue weighted by atomic mass is 19.4. The summed E-state index contributed by atoms with van der Waals surface area (Å²) in [7, 11) is 0. The van der Waals surface area contributed by atoms with E-state index in [4.69, 9.17) is 0 Å². The standard InChI is InChI=1S/C17H12F3NO3/c18-17(19,20)10-24-13-6-3-5-12(9-13)21-15(22)8-11-4-1-2-7-14(11)16(21)23/h1-9,23H,10H2. The largest absolute Gasteiger partial charge is 0.494 e. The number of benzene rings is 2. The fourth-order valence-electron chi connectivity index (χ4n) is 2.38. The zero-order chi connectivity index (χ0) is 17.3. The lowest BCUT2D eigenvalue weighted by Gasteiger charge is -2.13. The van der Waals surface area contributed by atoms with Crippen LogP contribution in [0.2, 0.25) is 0 Å². The third-order valence-corrected chi connectivity index (χ3v) is 3.39. The van der Waals surface area contributed by atoms with Crippen LogP contribution in [0.1, 0.15) is 0 Å². The lowest BCUT2D eigenvalue weighted by Crippen LogP contribution is -2.20. The highest BCUT2D eigenvalue weighted by Crippen LogP contribution is 2.27. The maximum atomic E-state index is 12.3. The Kier molecular flexibility index (Phi) is 3.92. The maximum absolute atomic E-state index is 12.3. The summed E-state index contributed by atoms with van der Waals surface area (Å²) in [6, 6.07) is 13.7. The summed E-state index contributed by atoms with van der Waals surface area (Å²) in [5, 5.41) is 11.4. The fourth-order valence-corrected chi connectivity index (χ4v) is 2.38. The van der Waals surface area contributed by atoms with Crippen LogP contribution < -0.4 is 10.3 Å². The minimum absolute atomic E-state index is 0.0516. The molecule has 0 spiro atoms. The Bertz CT molecular complexity index is 948. The van der Waals surface area contributed by atoms with E-state index in [2.05, 4.69) is 4.74 Å². The highest BCUT2D eigenvalue weighted by Gasteiger charge is 2.28. The number of ether oxygens (including phenoxy) is 1. The van der Waals surface area contributed by atoms with Crippen LogP contribution in [0, 0.1) is 0 Å². The van der Waals surface area contributed by atoms with Crippen LogP contribution in [0.25, 0.3) is 16.5 Å². The van der Waals surface area contributed by atoms with Crippen molar-refractivity contribution in [3.63, 3.8) is 0 Å². The second-order valence-corrected chi connectivity index (χ2v) is 5.13. The lowest BCUT2D eigenvalue weighted by molar-refractivity contribution is -0.153. The first-order valence-electron chi connectivity index (χ1n) is 6.99. The summed E-state index contributed by atoms with van der Waals surface area (Å²) < 4.78 is 42.4. The van der Waals surface area contributed by atoms with Gasteiger partial charge in [-0.3, -0.25) is 4.79 Å². The molecule has 3 aromatic rings. The van der Waals surface area contributed by atoms with Crippen molar-refractivity contribution in [1.82, 2.24) is 4.57 Å². The van der Waals surface area contributed by atoms with Gasteiger partial charge in [0.2, 0.25) is 5.88 Å². The Balaban J connectivity index is 2.06. The number of hydrogen-bond acceptors (Lipinski definition) is 3. The van der Waals surface area contributed by atoms with Crippen LogP contribution in [-0.4, -0.2) is 22.5 Å². The molecule has 0 saturated heterocycles. The van der Waals surface area contributed by atoms with Gasteiger partial charge in [-0.2, -0.15) is 13.2 Å². The van der Waals surface area contributed by atoms with E-state index in [1.54, 1.807) is 24.3 Å². The Morgan fingerprint density at radius 2 is 1.79 bits per heavy atom. The predicted octanol–water partition coefficient (Wildman–Crippen LogP) is 3.64. The zero-order valence-corrected chi connectivity index (χ0v) is 12.2. The molecule has 0 fully saturated rings. The van der Waals surface area contributed by atoms with Crippen LogP contribution in [0.4, 0.5) is 13.2 Å². The average molecular weight is 335 g/mol. The molecule has 0 aliphatic carbocycles. The van der Waals surface area contributed by atoms with Gasteiger partial charge in [0.1, 0.15) is 5.75 Å².